The molecule has 1 aliphatic rings. The molecule has 0 spiro atoms. The second-order valence-electron chi connectivity index (χ2n) is 6.69. The second-order valence-corrected chi connectivity index (χ2v) is 8.63. The van der Waals surface area contributed by atoms with Crippen molar-refractivity contribution in [2.24, 2.45) is 5.73 Å². The lowest BCUT2D eigenvalue weighted by molar-refractivity contribution is -0.132. The maximum atomic E-state index is 12.8. The molecule has 2 aromatic carbocycles. The van der Waals surface area contributed by atoms with E-state index in [0.29, 0.717) is 32.5 Å². The molecule has 1 heterocycles. The minimum absolute atomic E-state index is 0. The van der Waals surface area contributed by atoms with Crippen LogP contribution in [-0.4, -0.2) is 55.8 Å². The number of rotatable bonds is 5. The van der Waals surface area contributed by atoms with Gasteiger partial charge in [0.2, 0.25) is 15.9 Å². The third-order valence-electron chi connectivity index (χ3n) is 4.76. The van der Waals surface area contributed by atoms with Crippen LogP contribution in [0, 0.1) is 0 Å². The quantitative estimate of drug-likeness (QED) is 0.796. The number of benzene rings is 2. The van der Waals surface area contributed by atoms with Gasteiger partial charge in [-0.25, -0.2) is 8.42 Å². The van der Waals surface area contributed by atoms with E-state index >= 15 is 0 Å². The summed E-state index contributed by atoms with van der Waals surface area (Å²) >= 11 is 0. The lowest BCUT2D eigenvalue weighted by atomic mass is 10.1. The molecule has 0 bridgehead atoms. The average molecular weight is 424 g/mol. The zero-order valence-corrected chi connectivity index (χ0v) is 17.2. The number of sulfonamides is 1. The highest BCUT2D eigenvalue weighted by molar-refractivity contribution is 7.89. The first kappa shape index (κ1) is 22.4. The van der Waals surface area contributed by atoms with Crippen LogP contribution in [-0.2, 0) is 21.2 Å². The van der Waals surface area contributed by atoms with E-state index in [-0.39, 0.29) is 29.8 Å². The van der Waals surface area contributed by atoms with Crippen LogP contribution >= 0.6 is 12.4 Å². The molecular formula is C20H26ClN3O3S. The van der Waals surface area contributed by atoms with Gasteiger partial charge in [-0.15, -0.1) is 12.4 Å². The van der Waals surface area contributed by atoms with Crippen LogP contribution < -0.4 is 5.73 Å². The van der Waals surface area contributed by atoms with E-state index in [9.17, 15) is 13.2 Å². The molecule has 0 saturated carbocycles. The van der Waals surface area contributed by atoms with Crippen molar-refractivity contribution in [3.05, 3.63) is 66.2 Å². The van der Waals surface area contributed by atoms with Gasteiger partial charge in [0.25, 0.3) is 0 Å². The molecular weight excluding hydrogens is 398 g/mol. The SMILES string of the molecule is Cl.N[C@@H](Cc1ccccc1)C(=O)N1CCCN(S(=O)(=O)c2ccccc2)CC1. The van der Waals surface area contributed by atoms with Gasteiger partial charge in [0, 0.05) is 26.2 Å². The van der Waals surface area contributed by atoms with Crippen molar-refractivity contribution < 1.29 is 13.2 Å². The van der Waals surface area contributed by atoms with Crippen LogP contribution in [0.3, 0.4) is 0 Å². The minimum Gasteiger partial charge on any atom is -0.340 e. The standard InChI is InChI=1S/C20H25N3O3S.ClH/c21-19(16-17-8-3-1-4-9-17)20(24)22-12-7-13-23(15-14-22)27(25,26)18-10-5-2-6-11-18;/h1-6,8-11,19H,7,12-16,21H2;1H/t19-;/m0./s1. The Balaban J connectivity index is 0.00000280. The summed E-state index contributed by atoms with van der Waals surface area (Å²) in [6.45, 7) is 1.55. The second kappa shape index (κ2) is 10.0. The normalized spacial score (nSPS) is 16.7. The average Bonchev–Trinajstić information content (AvgIpc) is 2.95. The molecule has 1 aliphatic heterocycles. The lowest BCUT2D eigenvalue weighted by Gasteiger charge is -2.24. The number of halogens is 1. The van der Waals surface area contributed by atoms with Crippen LogP contribution in [0.4, 0.5) is 0 Å². The molecule has 152 valence electrons. The fourth-order valence-corrected chi connectivity index (χ4v) is 4.78. The fraction of sp³-hybridized carbons (Fsp3) is 0.350. The molecule has 8 heteroatoms. The summed E-state index contributed by atoms with van der Waals surface area (Å²) in [5.41, 5.74) is 7.13. The summed E-state index contributed by atoms with van der Waals surface area (Å²) in [5.74, 6) is -0.127. The van der Waals surface area contributed by atoms with Crippen molar-refractivity contribution in [2.45, 2.75) is 23.8 Å². The highest BCUT2D eigenvalue weighted by Crippen LogP contribution is 2.18. The molecule has 3 rings (SSSR count). The first-order valence-corrected chi connectivity index (χ1v) is 10.6. The molecule has 0 unspecified atom stereocenters. The molecule has 1 fully saturated rings. The Morgan fingerprint density at radius 1 is 0.929 bits per heavy atom. The van der Waals surface area contributed by atoms with Gasteiger partial charge in [-0.3, -0.25) is 4.79 Å². The number of carbonyl (C=O) groups is 1. The maximum absolute atomic E-state index is 12.8. The van der Waals surface area contributed by atoms with Crippen LogP contribution in [0.5, 0.6) is 0 Å². The Hall–Kier alpha value is -1.93. The van der Waals surface area contributed by atoms with E-state index in [2.05, 4.69) is 0 Å². The molecule has 28 heavy (non-hydrogen) atoms. The van der Waals surface area contributed by atoms with Crippen molar-refractivity contribution in [2.75, 3.05) is 26.2 Å². The Kier molecular flexibility index (Phi) is 8.00. The van der Waals surface area contributed by atoms with E-state index in [1.807, 2.05) is 30.3 Å². The number of amides is 1. The number of hydrogen-bond acceptors (Lipinski definition) is 4. The van der Waals surface area contributed by atoms with E-state index < -0.39 is 16.1 Å². The number of carbonyl (C=O) groups excluding carboxylic acids is 1. The Bertz CT molecular complexity index is 863. The first-order valence-electron chi connectivity index (χ1n) is 9.12. The van der Waals surface area contributed by atoms with Gasteiger partial charge in [0.1, 0.15) is 0 Å². The van der Waals surface area contributed by atoms with Gasteiger partial charge in [-0.1, -0.05) is 48.5 Å². The smallest absolute Gasteiger partial charge is 0.243 e. The Morgan fingerprint density at radius 3 is 2.18 bits per heavy atom. The predicted molar refractivity (Wildman–Crippen MR) is 112 cm³/mol. The minimum atomic E-state index is -3.54. The van der Waals surface area contributed by atoms with Crippen molar-refractivity contribution in [3.8, 4) is 0 Å². The van der Waals surface area contributed by atoms with E-state index in [1.165, 1.54) is 4.31 Å². The summed E-state index contributed by atoms with van der Waals surface area (Å²) in [6, 6.07) is 17.4. The topological polar surface area (TPSA) is 83.7 Å². The molecule has 0 radical (unpaired) electrons. The van der Waals surface area contributed by atoms with Gasteiger partial charge in [-0.2, -0.15) is 4.31 Å². The number of hydrogen-bond donors (Lipinski definition) is 1. The zero-order valence-electron chi connectivity index (χ0n) is 15.6. The van der Waals surface area contributed by atoms with Crippen molar-refractivity contribution in [1.82, 2.24) is 9.21 Å². The third-order valence-corrected chi connectivity index (χ3v) is 6.68. The van der Waals surface area contributed by atoms with Gasteiger partial charge in [0.15, 0.2) is 0 Å². The largest absolute Gasteiger partial charge is 0.340 e. The van der Waals surface area contributed by atoms with Crippen LogP contribution in [0.25, 0.3) is 0 Å². The summed E-state index contributed by atoms with van der Waals surface area (Å²) in [7, 11) is -3.54. The van der Waals surface area contributed by atoms with E-state index in [0.717, 1.165) is 5.56 Å². The lowest BCUT2D eigenvalue weighted by Crippen LogP contribution is -2.46. The van der Waals surface area contributed by atoms with E-state index in [4.69, 9.17) is 5.73 Å². The highest BCUT2D eigenvalue weighted by Gasteiger charge is 2.29. The Labute approximate surface area is 172 Å². The van der Waals surface area contributed by atoms with Crippen LogP contribution in [0.15, 0.2) is 65.6 Å². The number of nitrogens with zero attached hydrogens (tertiary/aromatic N) is 2. The molecule has 1 saturated heterocycles. The van der Waals surface area contributed by atoms with Crippen LogP contribution in [0.1, 0.15) is 12.0 Å². The fourth-order valence-electron chi connectivity index (χ4n) is 3.29. The predicted octanol–water partition coefficient (Wildman–Crippen LogP) is 1.90. The Morgan fingerprint density at radius 2 is 1.54 bits per heavy atom. The number of nitrogens with two attached hydrogens (primary N) is 1. The maximum Gasteiger partial charge on any atom is 0.243 e. The van der Waals surface area contributed by atoms with Crippen molar-refractivity contribution in [1.29, 1.82) is 0 Å². The van der Waals surface area contributed by atoms with E-state index in [1.54, 1.807) is 35.2 Å². The van der Waals surface area contributed by atoms with Gasteiger partial charge in [-0.05, 0) is 30.5 Å². The van der Waals surface area contributed by atoms with Gasteiger partial charge < -0.3 is 10.6 Å². The zero-order chi connectivity index (χ0) is 19.3. The monoisotopic (exact) mass is 423 g/mol. The molecule has 1 amide bonds. The molecule has 6 nitrogen and oxygen atoms in total. The molecule has 0 aromatic heterocycles. The van der Waals surface area contributed by atoms with Gasteiger partial charge in [0.05, 0.1) is 10.9 Å². The molecule has 0 aliphatic carbocycles. The first-order chi connectivity index (χ1) is 13.0. The van der Waals surface area contributed by atoms with Gasteiger partial charge >= 0.3 is 0 Å². The molecule has 1 atom stereocenters. The summed E-state index contributed by atoms with van der Waals surface area (Å²) in [6.07, 6.45) is 1.07. The van der Waals surface area contributed by atoms with Crippen molar-refractivity contribution in [3.63, 3.8) is 0 Å². The van der Waals surface area contributed by atoms with Crippen LogP contribution in [0.2, 0.25) is 0 Å². The highest BCUT2D eigenvalue weighted by atomic mass is 35.5. The summed E-state index contributed by atoms with van der Waals surface area (Å²) in [5, 5.41) is 0. The summed E-state index contributed by atoms with van der Waals surface area (Å²) in [4.78, 5) is 14.7. The molecule has 2 N–H and O–H groups in total. The third kappa shape index (κ3) is 5.32. The summed E-state index contributed by atoms with van der Waals surface area (Å²) < 4.78 is 27.0. The molecule has 2 aromatic rings. The van der Waals surface area contributed by atoms with Crippen molar-refractivity contribution >= 4 is 28.3 Å².